The Balaban J connectivity index is 1.32. The number of benzene rings is 3. The van der Waals surface area contributed by atoms with Crippen LogP contribution >= 0.6 is 11.6 Å². The molecule has 1 atom stereocenters. The van der Waals surface area contributed by atoms with E-state index in [4.69, 9.17) is 11.6 Å². The number of carbonyl (C=O) groups is 2. The molecule has 0 saturated carbocycles. The van der Waals surface area contributed by atoms with Crippen LogP contribution in [0.4, 0.5) is 0 Å². The normalized spacial score (nSPS) is 11.9. The number of tetrazole rings is 1. The molecule has 1 amide bonds. The molecule has 39 heavy (non-hydrogen) atoms. The van der Waals surface area contributed by atoms with E-state index in [2.05, 4.69) is 25.9 Å². The first-order valence-corrected chi connectivity index (χ1v) is 12.6. The highest BCUT2D eigenvalue weighted by molar-refractivity contribution is 6.30. The number of amides is 1. The van der Waals surface area contributed by atoms with Crippen molar-refractivity contribution in [2.45, 2.75) is 18.9 Å². The summed E-state index contributed by atoms with van der Waals surface area (Å²) < 4.78 is 3.23. The molecule has 1 N–H and O–H groups in total. The molecule has 0 aliphatic carbocycles. The van der Waals surface area contributed by atoms with Gasteiger partial charge in [-0.1, -0.05) is 54.1 Å². The maximum atomic E-state index is 13.4. The number of nitrogens with one attached hydrogen (secondary N) is 1. The van der Waals surface area contributed by atoms with E-state index in [-0.39, 0.29) is 12.2 Å². The SMILES string of the molecule is O=C(/C=C/c1cc(Cl)ccc1-n1cnnn1)N[C@@H](Cc1ccccc1)C(=O)Cc1ccc(-n2cccn2)cc1. The third-order valence-electron chi connectivity index (χ3n) is 6.07. The molecule has 10 heteroatoms. The van der Waals surface area contributed by atoms with E-state index in [1.54, 1.807) is 35.2 Å². The summed E-state index contributed by atoms with van der Waals surface area (Å²) in [5.74, 6) is -0.495. The number of ketones is 1. The van der Waals surface area contributed by atoms with Crippen molar-refractivity contribution in [1.29, 1.82) is 0 Å². The summed E-state index contributed by atoms with van der Waals surface area (Å²) >= 11 is 6.18. The molecule has 0 bridgehead atoms. The Kier molecular flexibility index (Phi) is 7.99. The molecule has 2 heterocycles. The van der Waals surface area contributed by atoms with E-state index < -0.39 is 11.9 Å². The van der Waals surface area contributed by atoms with Crippen molar-refractivity contribution in [3.05, 3.63) is 125 Å². The van der Waals surface area contributed by atoms with Crippen LogP contribution in [0.2, 0.25) is 5.02 Å². The molecule has 0 aliphatic heterocycles. The van der Waals surface area contributed by atoms with Crippen LogP contribution in [-0.4, -0.2) is 47.7 Å². The fraction of sp³-hybridized carbons (Fsp3) is 0.103. The lowest BCUT2D eigenvalue weighted by molar-refractivity contribution is -0.125. The summed E-state index contributed by atoms with van der Waals surface area (Å²) in [5, 5.41) is 18.9. The van der Waals surface area contributed by atoms with Gasteiger partial charge in [-0.2, -0.15) is 9.78 Å². The molecule has 2 aromatic heterocycles. The second-order valence-electron chi connectivity index (χ2n) is 8.80. The fourth-order valence-corrected chi connectivity index (χ4v) is 4.31. The Labute approximate surface area is 229 Å². The summed E-state index contributed by atoms with van der Waals surface area (Å²) in [4.78, 5) is 26.4. The van der Waals surface area contributed by atoms with Crippen LogP contribution in [0.25, 0.3) is 17.5 Å². The Hall–Kier alpha value is -4.89. The highest BCUT2D eigenvalue weighted by Gasteiger charge is 2.21. The lowest BCUT2D eigenvalue weighted by Gasteiger charge is -2.17. The van der Waals surface area contributed by atoms with Crippen molar-refractivity contribution in [1.82, 2.24) is 35.3 Å². The van der Waals surface area contributed by atoms with E-state index in [9.17, 15) is 9.59 Å². The molecule has 5 rings (SSSR count). The van der Waals surface area contributed by atoms with Crippen molar-refractivity contribution < 1.29 is 9.59 Å². The average molecular weight is 538 g/mol. The quantitative estimate of drug-likeness (QED) is 0.269. The molecular formula is C29H24ClN7O2. The minimum Gasteiger partial charge on any atom is -0.342 e. The average Bonchev–Trinajstić information content (AvgIpc) is 3.68. The Bertz CT molecular complexity index is 1570. The highest BCUT2D eigenvalue weighted by atomic mass is 35.5. The maximum Gasteiger partial charge on any atom is 0.244 e. The van der Waals surface area contributed by atoms with Gasteiger partial charge in [0.25, 0.3) is 0 Å². The van der Waals surface area contributed by atoms with Gasteiger partial charge in [0.05, 0.1) is 17.4 Å². The molecule has 9 nitrogen and oxygen atoms in total. The van der Waals surface area contributed by atoms with E-state index in [1.807, 2.05) is 66.9 Å². The van der Waals surface area contributed by atoms with Gasteiger partial charge >= 0.3 is 0 Å². The number of nitrogens with zero attached hydrogens (tertiary/aromatic N) is 6. The third kappa shape index (κ3) is 6.71. The van der Waals surface area contributed by atoms with Crippen molar-refractivity contribution in [3.63, 3.8) is 0 Å². The Morgan fingerprint density at radius 2 is 1.77 bits per heavy atom. The summed E-state index contributed by atoms with van der Waals surface area (Å²) in [6, 6.07) is 23.5. The second-order valence-corrected chi connectivity index (χ2v) is 9.24. The van der Waals surface area contributed by atoms with Gasteiger partial charge < -0.3 is 5.32 Å². The molecule has 194 valence electrons. The second kappa shape index (κ2) is 12.1. The van der Waals surface area contributed by atoms with Crippen LogP contribution in [0.3, 0.4) is 0 Å². The first-order valence-electron chi connectivity index (χ1n) is 12.2. The van der Waals surface area contributed by atoms with E-state index in [0.717, 1.165) is 16.8 Å². The topological polar surface area (TPSA) is 108 Å². The molecule has 0 spiro atoms. The summed E-state index contributed by atoms with van der Waals surface area (Å²) in [6.07, 6.45) is 8.57. The zero-order valence-electron chi connectivity index (χ0n) is 20.8. The van der Waals surface area contributed by atoms with Gasteiger partial charge in [0.15, 0.2) is 5.78 Å². The lowest BCUT2D eigenvalue weighted by Crippen LogP contribution is -2.42. The summed E-state index contributed by atoms with van der Waals surface area (Å²) in [6.45, 7) is 0. The number of aromatic nitrogens is 6. The minimum atomic E-state index is -0.714. The number of rotatable bonds is 10. The largest absolute Gasteiger partial charge is 0.342 e. The van der Waals surface area contributed by atoms with Crippen LogP contribution in [0.15, 0.2) is 104 Å². The van der Waals surface area contributed by atoms with E-state index in [1.165, 1.54) is 17.1 Å². The molecule has 0 saturated heterocycles. The molecule has 0 unspecified atom stereocenters. The molecule has 0 aliphatic rings. The van der Waals surface area contributed by atoms with Crippen molar-refractivity contribution in [2.24, 2.45) is 0 Å². The predicted octanol–water partition coefficient (Wildman–Crippen LogP) is 4.05. The molecule has 0 radical (unpaired) electrons. The van der Waals surface area contributed by atoms with Gasteiger partial charge in [-0.25, -0.2) is 4.68 Å². The standard InChI is InChI=1S/C29H24ClN7O2/c30-24-10-13-27(37-20-31-34-35-37)23(19-24)9-14-29(39)33-26(17-21-5-2-1-3-6-21)28(38)18-22-7-11-25(12-8-22)36-16-4-15-32-36/h1-16,19-20,26H,17-18H2,(H,33,39)/b14-9+/t26-/m0/s1. The molecule has 3 aromatic carbocycles. The minimum absolute atomic E-state index is 0.0930. The number of hydrogen-bond donors (Lipinski definition) is 1. The first kappa shape index (κ1) is 25.7. The lowest BCUT2D eigenvalue weighted by atomic mass is 9.97. The van der Waals surface area contributed by atoms with Crippen molar-refractivity contribution >= 4 is 29.4 Å². The van der Waals surface area contributed by atoms with E-state index in [0.29, 0.717) is 22.7 Å². The maximum absolute atomic E-state index is 13.4. The number of Topliss-reactive ketones (excluding diaryl/α,β-unsaturated/α-hetero) is 1. The number of hydrogen-bond acceptors (Lipinski definition) is 6. The van der Waals surface area contributed by atoms with E-state index >= 15 is 0 Å². The Morgan fingerprint density at radius 1 is 0.949 bits per heavy atom. The molecule has 5 aromatic rings. The molecule has 0 fully saturated rings. The first-order chi connectivity index (χ1) is 19.0. The van der Waals surface area contributed by atoms with Crippen LogP contribution in [-0.2, 0) is 22.4 Å². The molecular weight excluding hydrogens is 514 g/mol. The van der Waals surface area contributed by atoms with Gasteiger partial charge in [-0.05, 0) is 70.4 Å². The van der Waals surface area contributed by atoms with Crippen molar-refractivity contribution in [3.8, 4) is 11.4 Å². The fourth-order valence-electron chi connectivity index (χ4n) is 4.13. The zero-order chi connectivity index (χ0) is 27.0. The van der Waals surface area contributed by atoms with Gasteiger partial charge in [-0.3, -0.25) is 9.59 Å². The number of halogens is 1. The van der Waals surface area contributed by atoms with Crippen LogP contribution < -0.4 is 5.32 Å². The zero-order valence-corrected chi connectivity index (χ0v) is 21.5. The van der Waals surface area contributed by atoms with Crippen LogP contribution in [0.1, 0.15) is 16.7 Å². The monoisotopic (exact) mass is 537 g/mol. The summed E-state index contributed by atoms with van der Waals surface area (Å²) in [5.41, 5.74) is 4.00. The Morgan fingerprint density at radius 3 is 2.49 bits per heavy atom. The van der Waals surface area contributed by atoms with Gasteiger partial charge in [0, 0.05) is 35.5 Å². The van der Waals surface area contributed by atoms with Gasteiger partial charge in [-0.15, -0.1) is 5.10 Å². The highest BCUT2D eigenvalue weighted by Crippen LogP contribution is 2.20. The van der Waals surface area contributed by atoms with Crippen molar-refractivity contribution in [2.75, 3.05) is 0 Å². The summed E-state index contributed by atoms with van der Waals surface area (Å²) in [7, 11) is 0. The number of carbonyl (C=O) groups excluding carboxylic acids is 2. The predicted molar refractivity (Wildman–Crippen MR) is 148 cm³/mol. The van der Waals surface area contributed by atoms with Crippen LogP contribution in [0, 0.1) is 0 Å². The third-order valence-corrected chi connectivity index (χ3v) is 6.31. The van der Waals surface area contributed by atoms with Crippen LogP contribution in [0.5, 0.6) is 0 Å². The van der Waals surface area contributed by atoms with Gasteiger partial charge in [0.2, 0.25) is 5.91 Å². The smallest absolute Gasteiger partial charge is 0.244 e. The van der Waals surface area contributed by atoms with Gasteiger partial charge in [0.1, 0.15) is 6.33 Å².